The maximum absolute atomic E-state index is 12.9. The van der Waals surface area contributed by atoms with Crippen LogP contribution in [0.25, 0.3) is 31.8 Å². The highest BCUT2D eigenvalue weighted by molar-refractivity contribution is 7.21. The Balaban J connectivity index is 1.54. The van der Waals surface area contributed by atoms with E-state index >= 15 is 0 Å². The average Bonchev–Trinajstić information content (AvgIpc) is 3.30. The van der Waals surface area contributed by atoms with Crippen LogP contribution in [0.4, 0.5) is 5.69 Å². The molecule has 5 heteroatoms. The molecule has 4 nitrogen and oxygen atoms in total. The fourth-order valence-corrected chi connectivity index (χ4v) is 5.58. The van der Waals surface area contributed by atoms with E-state index in [-0.39, 0.29) is 5.63 Å². The van der Waals surface area contributed by atoms with Gasteiger partial charge in [-0.1, -0.05) is 77.3 Å². The third kappa shape index (κ3) is 6.72. The Morgan fingerprint density at radius 2 is 1.51 bits per heavy atom. The number of anilines is 1. The van der Waals surface area contributed by atoms with Gasteiger partial charge >= 0.3 is 5.63 Å². The monoisotopic (exact) mass is 490 g/mol. The molecule has 186 valence electrons. The van der Waals surface area contributed by atoms with Crippen LogP contribution in [0.3, 0.4) is 0 Å². The molecule has 0 aliphatic heterocycles. The number of thiazole rings is 1. The highest BCUT2D eigenvalue weighted by atomic mass is 32.1. The van der Waals surface area contributed by atoms with Crippen LogP contribution in [0.15, 0.2) is 57.7 Å². The molecule has 0 aliphatic rings. The third-order valence-electron chi connectivity index (χ3n) is 6.67. The minimum absolute atomic E-state index is 0.320. The molecular weight excluding hydrogens is 452 g/mol. The first-order valence-corrected chi connectivity index (χ1v) is 14.2. The van der Waals surface area contributed by atoms with Crippen LogP contribution in [-0.4, -0.2) is 18.1 Å². The molecule has 0 atom stereocenters. The minimum Gasteiger partial charge on any atom is -0.422 e. The molecule has 4 rings (SSSR count). The van der Waals surface area contributed by atoms with Gasteiger partial charge in [-0.05, 0) is 43.2 Å². The molecule has 0 saturated heterocycles. The van der Waals surface area contributed by atoms with E-state index in [0.717, 1.165) is 34.4 Å². The third-order valence-corrected chi connectivity index (χ3v) is 7.74. The topological polar surface area (TPSA) is 46.3 Å². The molecule has 2 aromatic heterocycles. The fraction of sp³-hybridized carbons (Fsp3) is 0.467. The van der Waals surface area contributed by atoms with E-state index in [9.17, 15) is 4.79 Å². The lowest BCUT2D eigenvalue weighted by Crippen LogP contribution is -2.25. The maximum atomic E-state index is 12.9. The van der Waals surface area contributed by atoms with E-state index in [2.05, 4.69) is 41.9 Å². The number of hydrogen-bond acceptors (Lipinski definition) is 5. The second-order valence-corrected chi connectivity index (χ2v) is 10.5. The van der Waals surface area contributed by atoms with Crippen LogP contribution in [0.5, 0.6) is 0 Å². The molecule has 0 spiro atoms. The molecule has 0 saturated carbocycles. The van der Waals surface area contributed by atoms with E-state index in [4.69, 9.17) is 4.42 Å². The van der Waals surface area contributed by atoms with Crippen molar-refractivity contribution in [2.24, 2.45) is 0 Å². The van der Waals surface area contributed by atoms with Crippen molar-refractivity contribution in [1.29, 1.82) is 0 Å². The lowest BCUT2D eigenvalue weighted by Gasteiger charge is -2.25. The second-order valence-electron chi connectivity index (χ2n) is 9.47. The number of para-hydroxylation sites is 1. The number of rotatable bonds is 14. The molecule has 2 aromatic carbocycles. The molecule has 2 heterocycles. The van der Waals surface area contributed by atoms with Crippen molar-refractivity contribution < 1.29 is 4.42 Å². The standard InChI is InChI=1S/C30H38N2O2S/c1-3-5-7-9-13-19-32(20-14-10-8-6-4-2)24-18-17-23-21-25(30(33)34-27(23)22-24)29-31-26-15-11-12-16-28(26)35-29/h11-12,15-18,21-22H,3-10,13-14,19-20H2,1-2H3. The quantitative estimate of drug-likeness (QED) is 0.131. The van der Waals surface area contributed by atoms with Crippen molar-refractivity contribution in [3.8, 4) is 10.6 Å². The Morgan fingerprint density at radius 3 is 2.20 bits per heavy atom. The van der Waals surface area contributed by atoms with Crippen molar-refractivity contribution in [2.45, 2.75) is 78.1 Å². The fourth-order valence-electron chi connectivity index (χ4n) is 4.62. The highest BCUT2D eigenvalue weighted by Crippen LogP contribution is 2.31. The van der Waals surface area contributed by atoms with Crippen molar-refractivity contribution in [3.63, 3.8) is 0 Å². The van der Waals surface area contributed by atoms with Crippen LogP contribution in [0, 0.1) is 0 Å². The highest BCUT2D eigenvalue weighted by Gasteiger charge is 2.14. The molecular formula is C30H38N2O2S. The summed E-state index contributed by atoms with van der Waals surface area (Å²) >= 11 is 1.53. The van der Waals surface area contributed by atoms with Gasteiger partial charge in [0.1, 0.15) is 10.6 Å². The van der Waals surface area contributed by atoms with E-state index in [1.807, 2.05) is 30.3 Å². The first kappa shape index (κ1) is 25.4. The summed E-state index contributed by atoms with van der Waals surface area (Å²) in [5.41, 5.74) is 2.93. The number of aromatic nitrogens is 1. The van der Waals surface area contributed by atoms with Crippen LogP contribution < -0.4 is 10.5 Å². The molecule has 35 heavy (non-hydrogen) atoms. The van der Waals surface area contributed by atoms with Crippen molar-refractivity contribution in [3.05, 3.63) is 59.0 Å². The molecule has 0 unspecified atom stereocenters. The molecule has 0 amide bonds. The number of nitrogens with zero attached hydrogens (tertiary/aromatic N) is 2. The van der Waals surface area contributed by atoms with E-state index in [1.54, 1.807) is 0 Å². The maximum Gasteiger partial charge on any atom is 0.346 e. The number of benzene rings is 2. The first-order chi connectivity index (χ1) is 17.2. The van der Waals surface area contributed by atoms with Gasteiger partial charge in [0.25, 0.3) is 0 Å². The van der Waals surface area contributed by atoms with E-state index in [1.165, 1.54) is 75.5 Å². The van der Waals surface area contributed by atoms with Gasteiger partial charge in [0, 0.05) is 30.2 Å². The Hall–Kier alpha value is -2.66. The van der Waals surface area contributed by atoms with Crippen LogP contribution in [0.1, 0.15) is 78.1 Å². The number of fused-ring (bicyclic) bond motifs is 2. The van der Waals surface area contributed by atoms with Gasteiger partial charge in [-0.2, -0.15) is 0 Å². The van der Waals surface area contributed by atoms with Gasteiger partial charge in [-0.15, -0.1) is 11.3 Å². The summed E-state index contributed by atoms with van der Waals surface area (Å²) in [4.78, 5) is 20.1. The Kier molecular flexibility index (Phi) is 9.35. The van der Waals surface area contributed by atoms with E-state index < -0.39 is 0 Å². The van der Waals surface area contributed by atoms with Crippen molar-refractivity contribution >= 4 is 38.2 Å². The second kappa shape index (κ2) is 12.9. The molecule has 4 aromatic rings. The molecule has 0 fully saturated rings. The first-order valence-electron chi connectivity index (χ1n) is 13.4. The Bertz CT molecular complexity index is 1230. The lowest BCUT2D eigenvalue weighted by molar-refractivity contribution is 0.562. The van der Waals surface area contributed by atoms with Crippen molar-refractivity contribution in [1.82, 2.24) is 4.98 Å². The summed E-state index contributed by atoms with van der Waals surface area (Å²) in [6.45, 7) is 6.62. The number of unbranched alkanes of at least 4 members (excludes halogenated alkanes) is 8. The number of hydrogen-bond donors (Lipinski definition) is 0. The summed E-state index contributed by atoms with van der Waals surface area (Å²) in [5, 5.41) is 1.65. The zero-order valence-corrected chi connectivity index (χ0v) is 22.0. The van der Waals surface area contributed by atoms with Gasteiger partial charge in [0.05, 0.1) is 15.8 Å². The minimum atomic E-state index is -0.320. The summed E-state index contributed by atoms with van der Waals surface area (Å²) in [6, 6.07) is 16.2. The van der Waals surface area contributed by atoms with E-state index in [0.29, 0.717) is 16.2 Å². The molecule has 0 aliphatic carbocycles. The van der Waals surface area contributed by atoms with Crippen LogP contribution in [0.2, 0.25) is 0 Å². The summed E-state index contributed by atoms with van der Waals surface area (Å²) in [5.74, 6) is 0. The molecule has 0 bridgehead atoms. The molecule has 0 N–H and O–H groups in total. The summed E-state index contributed by atoms with van der Waals surface area (Å²) in [6.07, 6.45) is 12.7. The van der Waals surface area contributed by atoms with Gasteiger partial charge in [0.2, 0.25) is 0 Å². The van der Waals surface area contributed by atoms with Crippen LogP contribution >= 0.6 is 11.3 Å². The zero-order chi connectivity index (χ0) is 24.5. The average molecular weight is 491 g/mol. The van der Waals surface area contributed by atoms with Gasteiger partial charge in [-0.25, -0.2) is 9.78 Å². The van der Waals surface area contributed by atoms with Crippen LogP contribution in [-0.2, 0) is 0 Å². The zero-order valence-electron chi connectivity index (χ0n) is 21.2. The van der Waals surface area contributed by atoms with Gasteiger partial charge in [-0.3, -0.25) is 0 Å². The SMILES string of the molecule is CCCCCCCN(CCCCCCC)c1ccc2cc(-c3nc4ccccc4s3)c(=O)oc2c1. The summed E-state index contributed by atoms with van der Waals surface area (Å²) in [7, 11) is 0. The molecule has 0 radical (unpaired) electrons. The Morgan fingerprint density at radius 1 is 0.829 bits per heavy atom. The Labute approximate surface area is 213 Å². The smallest absolute Gasteiger partial charge is 0.346 e. The predicted octanol–water partition coefficient (Wildman–Crippen LogP) is 8.82. The van der Waals surface area contributed by atoms with Gasteiger partial charge in [0.15, 0.2) is 0 Å². The van der Waals surface area contributed by atoms with Crippen molar-refractivity contribution in [2.75, 3.05) is 18.0 Å². The normalized spacial score (nSPS) is 11.5. The summed E-state index contributed by atoms with van der Waals surface area (Å²) < 4.78 is 6.91. The predicted molar refractivity (Wildman–Crippen MR) is 151 cm³/mol. The largest absolute Gasteiger partial charge is 0.422 e. The van der Waals surface area contributed by atoms with Gasteiger partial charge < -0.3 is 9.32 Å². The lowest BCUT2D eigenvalue weighted by atomic mass is 10.1.